The molecule has 1 unspecified atom stereocenters. The molecule has 2 aliphatic rings. The summed E-state index contributed by atoms with van der Waals surface area (Å²) >= 11 is 0. The highest BCUT2D eigenvalue weighted by atomic mass is 19.4. The summed E-state index contributed by atoms with van der Waals surface area (Å²) < 4.78 is 57.5. The third-order valence-corrected chi connectivity index (χ3v) is 5.31. The number of ether oxygens (including phenoxy) is 1. The van der Waals surface area contributed by atoms with Crippen LogP contribution in [0.5, 0.6) is 0 Å². The van der Waals surface area contributed by atoms with Crippen LogP contribution in [0, 0.1) is 5.82 Å². The number of esters is 1. The molecule has 1 N–H and O–H groups in total. The Labute approximate surface area is 181 Å². The van der Waals surface area contributed by atoms with Crippen LogP contribution in [0.4, 0.5) is 23.2 Å². The summed E-state index contributed by atoms with van der Waals surface area (Å²) in [5, 5.41) is 16.0. The third-order valence-electron chi connectivity index (χ3n) is 5.31. The molecule has 10 heteroatoms. The number of carbonyl (C=O) groups is 1. The van der Waals surface area contributed by atoms with Gasteiger partial charge in [-0.25, -0.2) is 14.2 Å². The van der Waals surface area contributed by atoms with E-state index in [0.717, 1.165) is 16.6 Å². The average molecular weight is 449 g/mol. The summed E-state index contributed by atoms with van der Waals surface area (Å²) in [5.74, 6) is -1.82. The largest absolute Gasteiger partial charge is 0.465 e. The van der Waals surface area contributed by atoms with Crippen molar-refractivity contribution in [2.75, 3.05) is 18.7 Å². The van der Waals surface area contributed by atoms with E-state index in [2.05, 4.69) is 9.84 Å². The summed E-state index contributed by atoms with van der Waals surface area (Å²) in [6.45, 7) is 1.08. The second kappa shape index (κ2) is 8.27. The molecule has 0 spiro atoms. The van der Waals surface area contributed by atoms with Gasteiger partial charge in [-0.1, -0.05) is 12.1 Å². The first-order valence-corrected chi connectivity index (χ1v) is 9.72. The van der Waals surface area contributed by atoms with Crippen LogP contribution in [0.1, 0.15) is 27.9 Å². The van der Waals surface area contributed by atoms with Gasteiger partial charge in [-0.05, 0) is 35.9 Å². The summed E-state index contributed by atoms with van der Waals surface area (Å²) in [4.78, 5) is 13.5. The van der Waals surface area contributed by atoms with Crippen molar-refractivity contribution in [1.29, 1.82) is 0 Å². The lowest BCUT2D eigenvalue weighted by molar-refractivity contribution is -0.139. The van der Waals surface area contributed by atoms with Crippen LogP contribution in [0.3, 0.4) is 0 Å². The maximum Gasteiger partial charge on any atom is 0.419 e. The number of methoxy groups -OCH3 is 1. The minimum absolute atomic E-state index is 0.0565. The number of aliphatic hydroxyl groups excluding tert-OH is 1. The second-order valence-corrected chi connectivity index (χ2v) is 7.42. The number of hydrogen-bond donors (Lipinski definition) is 1. The van der Waals surface area contributed by atoms with Gasteiger partial charge in [-0.2, -0.15) is 18.3 Å². The molecule has 2 aromatic rings. The normalized spacial score (nSPS) is 18.2. The SMILES string of the molecule is COC(=O)c1ccc(CN2C=C3C(=NN(c4ccc(F)c(C(F)(F)F)c4)C3O)CC2)cc1. The predicted octanol–water partition coefficient (Wildman–Crippen LogP) is 3.92. The number of fused-ring (bicyclic) bond motifs is 1. The van der Waals surface area contributed by atoms with Crippen LogP contribution in [-0.4, -0.2) is 41.6 Å². The van der Waals surface area contributed by atoms with Gasteiger partial charge in [0.15, 0.2) is 6.23 Å². The molecule has 0 bridgehead atoms. The first-order chi connectivity index (χ1) is 15.2. The van der Waals surface area contributed by atoms with Crippen molar-refractivity contribution in [2.24, 2.45) is 5.10 Å². The molecule has 0 saturated carbocycles. The zero-order valence-electron chi connectivity index (χ0n) is 16.9. The van der Waals surface area contributed by atoms with E-state index in [1.54, 1.807) is 30.5 Å². The molecular formula is C22H19F4N3O3. The molecule has 1 atom stereocenters. The molecule has 0 aliphatic carbocycles. The van der Waals surface area contributed by atoms with Gasteiger partial charge in [0.05, 0.1) is 29.6 Å². The van der Waals surface area contributed by atoms with Crippen LogP contribution in [0.15, 0.2) is 59.3 Å². The number of hydrogen-bond acceptors (Lipinski definition) is 6. The standard InChI is InChI=1S/C22H19F4N3O3/c1-32-21(31)14-4-2-13(3-5-14)11-28-9-8-19-16(12-28)20(30)29(27-19)15-6-7-18(23)17(10-15)22(24,25)26/h2-7,10,12,20,30H,8-9,11H2,1H3. The fraction of sp³-hybridized carbons (Fsp3) is 0.273. The number of nitrogens with zero attached hydrogens (tertiary/aromatic N) is 3. The molecule has 32 heavy (non-hydrogen) atoms. The van der Waals surface area contributed by atoms with Crippen molar-refractivity contribution in [1.82, 2.24) is 4.90 Å². The molecule has 168 valence electrons. The molecular weight excluding hydrogens is 430 g/mol. The lowest BCUT2D eigenvalue weighted by Gasteiger charge is -2.27. The summed E-state index contributed by atoms with van der Waals surface area (Å²) in [7, 11) is 1.31. The van der Waals surface area contributed by atoms with Gasteiger partial charge in [0.2, 0.25) is 0 Å². The highest BCUT2D eigenvalue weighted by Crippen LogP contribution is 2.36. The molecule has 0 fully saturated rings. The maximum absolute atomic E-state index is 13.6. The zero-order valence-corrected chi connectivity index (χ0v) is 16.9. The number of carbonyl (C=O) groups excluding carboxylic acids is 1. The van der Waals surface area contributed by atoms with Gasteiger partial charge >= 0.3 is 12.1 Å². The van der Waals surface area contributed by atoms with E-state index in [1.807, 2.05) is 4.90 Å². The Kier molecular flexibility index (Phi) is 5.64. The smallest absolute Gasteiger partial charge is 0.419 e. The Balaban J connectivity index is 1.52. The van der Waals surface area contributed by atoms with Gasteiger partial charge in [-0.3, -0.25) is 0 Å². The van der Waals surface area contributed by atoms with E-state index in [-0.39, 0.29) is 5.69 Å². The quantitative estimate of drug-likeness (QED) is 0.567. The number of anilines is 1. The summed E-state index contributed by atoms with van der Waals surface area (Å²) in [5.41, 5.74) is 0.921. The van der Waals surface area contributed by atoms with Crippen molar-refractivity contribution in [3.63, 3.8) is 0 Å². The highest BCUT2D eigenvalue weighted by molar-refractivity contribution is 6.04. The molecule has 2 aliphatic heterocycles. The van der Waals surface area contributed by atoms with E-state index < -0.39 is 29.8 Å². The van der Waals surface area contributed by atoms with Crippen LogP contribution in [0.2, 0.25) is 0 Å². The molecule has 0 amide bonds. The first kappa shape index (κ1) is 21.8. The van der Waals surface area contributed by atoms with E-state index in [0.29, 0.717) is 48.5 Å². The van der Waals surface area contributed by atoms with Crippen molar-refractivity contribution in [3.05, 3.63) is 76.7 Å². The molecule has 0 radical (unpaired) electrons. The summed E-state index contributed by atoms with van der Waals surface area (Å²) in [6, 6.07) is 9.41. The lowest BCUT2D eigenvalue weighted by atomic mass is 10.0. The van der Waals surface area contributed by atoms with Crippen molar-refractivity contribution < 1.29 is 32.2 Å². The molecule has 2 heterocycles. The van der Waals surface area contributed by atoms with E-state index in [4.69, 9.17) is 0 Å². The number of aliphatic hydroxyl groups is 1. The Bertz CT molecular complexity index is 1100. The fourth-order valence-electron chi connectivity index (χ4n) is 3.66. The number of hydrazone groups is 1. The second-order valence-electron chi connectivity index (χ2n) is 7.42. The number of halogens is 4. The lowest BCUT2D eigenvalue weighted by Crippen LogP contribution is -2.32. The van der Waals surface area contributed by atoms with Crippen LogP contribution >= 0.6 is 0 Å². The zero-order chi connectivity index (χ0) is 23.0. The van der Waals surface area contributed by atoms with E-state index in [9.17, 15) is 27.5 Å². The van der Waals surface area contributed by atoms with Crippen molar-refractivity contribution in [3.8, 4) is 0 Å². The molecule has 0 aromatic heterocycles. The first-order valence-electron chi connectivity index (χ1n) is 9.72. The topological polar surface area (TPSA) is 65.4 Å². The van der Waals surface area contributed by atoms with Crippen LogP contribution in [-0.2, 0) is 17.5 Å². The minimum Gasteiger partial charge on any atom is -0.465 e. The van der Waals surface area contributed by atoms with Crippen LogP contribution in [0.25, 0.3) is 0 Å². The monoisotopic (exact) mass is 449 g/mol. The average Bonchev–Trinajstić information content (AvgIpc) is 3.09. The molecule has 4 rings (SSSR count). The molecule has 6 nitrogen and oxygen atoms in total. The van der Waals surface area contributed by atoms with Gasteiger partial charge in [0, 0.05) is 31.3 Å². The molecule has 0 saturated heterocycles. The van der Waals surface area contributed by atoms with Gasteiger partial charge in [-0.15, -0.1) is 0 Å². The Morgan fingerprint density at radius 2 is 1.94 bits per heavy atom. The Hall–Kier alpha value is -3.40. The van der Waals surface area contributed by atoms with Crippen LogP contribution < -0.4 is 5.01 Å². The van der Waals surface area contributed by atoms with Gasteiger partial charge < -0.3 is 14.7 Å². The Morgan fingerprint density at radius 1 is 1.22 bits per heavy atom. The summed E-state index contributed by atoms with van der Waals surface area (Å²) in [6.07, 6.45) is -3.95. The maximum atomic E-state index is 13.6. The number of alkyl halides is 3. The number of rotatable bonds is 4. The highest BCUT2D eigenvalue weighted by Gasteiger charge is 2.37. The predicted molar refractivity (Wildman–Crippen MR) is 108 cm³/mol. The van der Waals surface area contributed by atoms with Gasteiger partial charge in [0.25, 0.3) is 0 Å². The van der Waals surface area contributed by atoms with Crippen molar-refractivity contribution >= 4 is 17.4 Å². The van der Waals surface area contributed by atoms with Crippen molar-refractivity contribution in [2.45, 2.75) is 25.4 Å². The number of benzene rings is 2. The van der Waals surface area contributed by atoms with Gasteiger partial charge in [0.1, 0.15) is 5.82 Å². The van der Waals surface area contributed by atoms with E-state index in [1.165, 1.54) is 7.11 Å². The molecule has 2 aromatic carbocycles. The minimum atomic E-state index is -4.86. The fourth-order valence-corrected chi connectivity index (χ4v) is 3.66. The Morgan fingerprint density at radius 3 is 2.59 bits per heavy atom. The third kappa shape index (κ3) is 4.18. The van der Waals surface area contributed by atoms with E-state index >= 15 is 0 Å².